The Morgan fingerprint density at radius 2 is 1.54 bits per heavy atom. The molecule has 0 saturated heterocycles. The number of nitrogens with zero attached hydrogens (tertiary/aromatic N) is 3. The molecular weight excluding hydrogens is 298 g/mol. The van der Waals surface area contributed by atoms with Crippen LogP contribution in [0.4, 0.5) is 5.69 Å². The van der Waals surface area contributed by atoms with Gasteiger partial charge in [0.25, 0.3) is 5.91 Å². The van der Waals surface area contributed by atoms with Gasteiger partial charge in [-0.1, -0.05) is 48.5 Å². The number of rotatable bonds is 4. The zero-order valence-electron chi connectivity index (χ0n) is 14.0. The molecule has 2 aromatic carbocycles. The van der Waals surface area contributed by atoms with Gasteiger partial charge in [-0.25, -0.2) is 9.89 Å². The number of amides is 1. The van der Waals surface area contributed by atoms with E-state index in [-0.39, 0.29) is 5.91 Å². The lowest BCUT2D eigenvalue weighted by Crippen LogP contribution is -2.44. The van der Waals surface area contributed by atoms with Crippen LogP contribution in [0.1, 0.15) is 19.4 Å². The first-order valence-corrected chi connectivity index (χ1v) is 8.24. The number of benzene rings is 2. The number of carbonyl (C=O) groups is 1. The molecule has 2 aromatic rings. The molecular formula is C20H21N3O. The van der Waals surface area contributed by atoms with Crippen molar-refractivity contribution in [2.45, 2.75) is 13.8 Å². The van der Waals surface area contributed by atoms with Crippen LogP contribution in [-0.4, -0.2) is 29.9 Å². The van der Waals surface area contributed by atoms with E-state index in [0.29, 0.717) is 11.7 Å². The van der Waals surface area contributed by atoms with Gasteiger partial charge in [0.2, 0.25) is 5.96 Å². The second kappa shape index (κ2) is 7.13. The summed E-state index contributed by atoms with van der Waals surface area (Å²) in [5, 5.41) is 0. The summed E-state index contributed by atoms with van der Waals surface area (Å²) in [5.41, 5.74) is 2.27. The van der Waals surface area contributed by atoms with E-state index < -0.39 is 0 Å². The molecule has 0 fully saturated rings. The highest BCUT2D eigenvalue weighted by Crippen LogP contribution is 2.26. The van der Waals surface area contributed by atoms with Crippen LogP contribution in [0.5, 0.6) is 0 Å². The Kier molecular flexibility index (Phi) is 4.75. The summed E-state index contributed by atoms with van der Waals surface area (Å²) in [6.45, 7) is 5.73. The van der Waals surface area contributed by atoms with Crippen molar-refractivity contribution in [1.29, 1.82) is 0 Å². The number of anilines is 1. The summed E-state index contributed by atoms with van der Waals surface area (Å²) in [6.07, 6.45) is 1.84. The molecule has 122 valence electrons. The van der Waals surface area contributed by atoms with Gasteiger partial charge in [0.1, 0.15) is 5.70 Å². The summed E-state index contributed by atoms with van der Waals surface area (Å²) in [7, 11) is 0. The smallest absolute Gasteiger partial charge is 0.283 e. The Balaban J connectivity index is 2.04. The third kappa shape index (κ3) is 3.08. The predicted octanol–water partition coefficient (Wildman–Crippen LogP) is 3.77. The van der Waals surface area contributed by atoms with Crippen molar-refractivity contribution in [3.8, 4) is 0 Å². The highest BCUT2D eigenvalue weighted by atomic mass is 16.2. The third-order valence-corrected chi connectivity index (χ3v) is 4.01. The molecule has 4 heteroatoms. The third-order valence-electron chi connectivity index (χ3n) is 4.01. The van der Waals surface area contributed by atoms with Crippen LogP contribution in [0, 0.1) is 0 Å². The molecule has 0 bridgehead atoms. The van der Waals surface area contributed by atoms with Crippen molar-refractivity contribution >= 4 is 23.6 Å². The van der Waals surface area contributed by atoms with Gasteiger partial charge in [-0.2, -0.15) is 0 Å². The van der Waals surface area contributed by atoms with Crippen LogP contribution in [-0.2, 0) is 4.79 Å². The summed E-state index contributed by atoms with van der Waals surface area (Å²) >= 11 is 0. The summed E-state index contributed by atoms with van der Waals surface area (Å²) < 4.78 is 0. The van der Waals surface area contributed by atoms with Gasteiger partial charge in [-0.3, -0.25) is 4.79 Å². The van der Waals surface area contributed by atoms with Gasteiger partial charge in [0.15, 0.2) is 0 Å². The Hall–Kier alpha value is -2.88. The lowest BCUT2D eigenvalue weighted by molar-refractivity contribution is -0.113. The minimum absolute atomic E-state index is 0.0908. The van der Waals surface area contributed by atoms with Crippen molar-refractivity contribution in [1.82, 2.24) is 4.90 Å². The molecule has 0 N–H and O–H groups in total. The first-order chi connectivity index (χ1) is 11.7. The maximum absolute atomic E-state index is 13.0. The first kappa shape index (κ1) is 16.0. The van der Waals surface area contributed by atoms with Crippen LogP contribution < -0.4 is 4.90 Å². The van der Waals surface area contributed by atoms with E-state index in [9.17, 15) is 4.79 Å². The van der Waals surface area contributed by atoms with Gasteiger partial charge >= 0.3 is 0 Å². The zero-order chi connectivity index (χ0) is 16.9. The van der Waals surface area contributed by atoms with Crippen LogP contribution >= 0.6 is 0 Å². The van der Waals surface area contributed by atoms with Crippen molar-refractivity contribution in [3.05, 3.63) is 71.9 Å². The summed E-state index contributed by atoms with van der Waals surface area (Å²) in [5.74, 6) is 0.602. The fourth-order valence-corrected chi connectivity index (χ4v) is 2.74. The number of hydrogen-bond donors (Lipinski definition) is 0. The zero-order valence-corrected chi connectivity index (χ0v) is 14.0. The van der Waals surface area contributed by atoms with Crippen molar-refractivity contribution in [2.75, 3.05) is 18.0 Å². The lowest BCUT2D eigenvalue weighted by Gasteiger charge is -2.27. The van der Waals surface area contributed by atoms with Crippen LogP contribution in [0.3, 0.4) is 0 Å². The van der Waals surface area contributed by atoms with E-state index in [2.05, 4.69) is 23.7 Å². The SMILES string of the molecule is CCN(CC)C1=N/C(=C/c2ccccc2)C(=O)N1c1ccccc1. The van der Waals surface area contributed by atoms with E-state index in [0.717, 1.165) is 24.3 Å². The molecule has 0 atom stereocenters. The van der Waals surface area contributed by atoms with E-state index in [4.69, 9.17) is 0 Å². The maximum Gasteiger partial charge on any atom is 0.283 e. The average Bonchev–Trinajstić information content (AvgIpc) is 2.94. The quantitative estimate of drug-likeness (QED) is 0.804. The van der Waals surface area contributed by atoms with Crippen molar-refractivity contribution in [2.24, 2.45) is 4.99 Å². The van der Waals surface area contributed by atoms with E-state index in [1.165, 1.54) is 0 Å². The number of guanidine groups is 1. The molecule has 0 unspecified atom stereocenters. The van der Waals surface area contributed by atoms with E-state index >= 15 is 0 Å². The molecule has 0 aliphatic carbocycles. The van der Waals surface area contributed by atoms with Gasteiger partial charge < -0.3 is 4.90 Å². The molecule has 1 aliphatic rings. The Morgan fingerprint density at radius 3 is 2.12 bits per heavy atom. The molecule has 0 spiro atoms. The molecule has 0 radical (unpaired) electrons. The molecule has 1 heterocycles. The molecule has 0 saturated carbocycles. The minimum atomic E-state index is -0.0908. The van der Waals surface area contributed by atoms with Crippen LogP contribution in [0.25, 0.3) is 6.08 Å². The highest BCUT2D eigenvalue weighted by Gasteiger charge is 2.33. The van der Waals surface area contributed by atoms with Gasteiger partial charge in [-0.05, 0) is 37.6 Å². The van der Waals surface area contributed by atoms with Crippen molar-refractivity contribution < 1.29 is 4.79 Å². The van der Waals surface area contributed by atoms with Crippen molar-refractivity contribution in [3.63, 3.8) is 0 Å². The second-order valence-electron chi connectivity index (χ2n) is 5.50. The van der Waals surface area contributed by atoms with Gasteiger partial charge in [0.05, 0.1) is 5.69 Å². The predicted molar refractivity (Wildman–Crippen MR) is 98.7 cm³/mol. The maximum atomic E-state index is 13.0. The standard InChI is InChI=1S/C20H21N3O/c1-3-22(4-2)20-21-18(15-16-11-7-5-8-12-16)19(24)23(20)17-13-9-6-10-14-17/h5-15H,3-4H2,1-2H3/b18-15+. The van der Waals surface area contributed by atoms with Crippen LogP contribution in [0.2, 0.25) is 0 Å². The minimum Gasteiger partial charge on any atom is -0.342 e. The van der Waals surface area contributed by atoms with Gasteiger partial charge in [0, 0.05) is 13.1 Å². The first-order valence-electron chi connectivity index (χ1n) is 8.24. The highest BCUT2D eigenvalue weighted by molar-refractivity contribution is 6.28. The van der Waals surface area contributed by atoms with Gasteiger partial charge in [-0.15, -0.1) is 0 Å². The van der Waals surface area contributed by atoms with E-state index in [1.807, 2.05) is 66.7 Å². The number of carbonyl (C=O) groups excluding carboxylic acids is 1. The normalized spacial score (nSPS) is 15.8. The topological polar surface area (TPSA) is 35.9 Å². The molecule has 1 aliphatic heterocycles. The summed E-state index contributed by atoms with van der Waals surface area (Å²) in [4.78, 5) is 21.4. The Bertz CT molecular complexity index is 762. The fourth-order valence-electron chi connectivity index (χ4n) is 2.74. The lowest BCUT2D eigenvalue weighted by atomic mass is 10.2. The Labute approximate surface area is 142 Å². The summed E-state index contributed by atoms with van der Waals surface area (Å²) in [6, 6.07) is 19.5. The monoisotopic (exact) mass is 319 g/mol. The molecule has 1 amide bonds. The second-order valence-corrected chi connectivity index (χ2v) is 5.50. The molecule has 4 nitrogen and oxygen atoms in total. The number of hydrogen-bond acceptors (Lipinski definition) is 3. The largest absolute Gasteiger partial charge is 0.342 e. The molecule has 0 aromatic heterocycles. The fraction of sp³-hybridized carbons (Fsp3) is 0.200. The molecule has 24 heavy (non-hydrogen) atoms. The molecule has 3 rings (SSSR count). The number of para-hydroxylation sites is 1. The van der Waals surface area contributed by atoms with Crippen LogP contribution in [0.15, 0.2) is 71.4 Å². The van der Waals surface area contributed by atoms with E-state index in [1.54, 1.807) is 4.90 Å². The Morgan fingerprint density at radius 1 is 0.958 bits per heavy atom. The average molecular weight is 319 g/mol. The number of aliphatic imine (C=N–C) groups is 1.